The highest BCUT2D eigenvalue weighted by atomic mass is 16.6. The van der Waals surface area contributed by atoms with Gasteiger partial charge in [0.25, 0.3) is 0 Å². The summed E-state index contributed by atoms with van der Waals surface area (Å²) in [5.74, 6) is -0.216. The lowest BCUT2D eigenvalue weighted by Gasteiger charge is -2.18. The third-order valence-corrected chi connectivity index (χ3v) is 5.27. The zero-order chi connectivity index (χ0) is 23.6. The Kier molecular flexibility index (Phi) is 5.97. The number of carbonyl (C=O) groups excluding carboxylic acids is 2. The Balaban J connectivity index is 1.45. The second-order valence-corrected chi connectivity index (χ2v) is 8.99. The van der Waals surface area contributed by atoms with Crippen molar-refractivity contribution in [2.45, 2.75) is 33.1 Å². The zero-order valence-electron chi connectivity index (χ0n) is 19.1. The number of rotatable bonds is 4. The van der Waals surface area contributed by atoms with E-state index in [0.717, 1.165) is 22.3 Å². The lowest BCUT2D eigenvalue weighted by atomic mass is 9.87. The molecule has 0 saturated heterocycles. The average molecular weight is 440 g/mol. The minimum atomic E-state index is -0.499. The van der Waals surface area contributed by atoms with E-state index in [1.165, 1.54) is 0 Å². The Bertz CT molecular complexity index is 1260. The molecule has 5 heteroatoms. The van der Waals surface area contributed by atoms with Crippen molar-refractivity contribution in [3.8, 4) is 5.75 Å². The second-order valence-electron chi connectivity index (χ2n) is 8.99. The molecule has 0 saturated carbocycles. The van der Waals surface area contributed by atoms with E-state index in [4.69, 9.17) is 9.47 Å². The van der Waals surface area contributed by atoms with Crippen molar-refractivity contribution in [2.24, 2.45) is 4.99 Å². The molecule has 3 aromatic carbocycles. The number of nitrogens with zero attached hydrogens (tertiary/aromatic N) is 1. The van der Waals surface area contributed by atoms with Gasteiger partial charge in [0, 0.05) is 5.56 Å². The van der Waals surface area contributed by atoms with Gasteiger partial charge in [0.1, 0.15) is 5.75 Å². The minimum Gasteiger partial charge on any atom is -0.423 e. The largest absolute Gasteiger partial charge is 0.423 e. The lowest BCUT2D eigenvalue weighted by Crippen LogP contribution is -2.12. The van der Waals surface area contributed by atoms with Gasteiger partial charge < -0.3 is 9.47 Å². The van der Waals surface area contributed by atoms with Crippen molar-refractivity contribution < 1.29 is 19.1 Å². The van der Waals surface area contributed by atoms with Crippen molar-refractivity contribution in [2.75, 3.05) is 0 Å². The molecule has 5 nitrogen and oxygen atoms in total. The van der Waals surface area contributed by atoms with Crippen LogP contribution in [0.15, 0.2) is 83.5 Å². The van der Waals surface area contributed by atoms with Gasteiger partial charge in [-0.3, -0.25) is 0 Å². The zero-order valence-corrected chi connectivity index (χ0v) is 19.1. The number of hydrogen-bond donors (Lipinski definition) is 0. The number of benzene rings is 3. The van der Waals surface area contributed by atoms with E-state index in [-0.39, 0.29) is 17.0 Å². The second kappa shape index (κ2) is 8.87. The van der Waals surface area contributed by atoms with Crippen LogP contribution in [0.5, 0.6) is 5.75 Å². The summed E-state index contributed by atoms with van der Waals surface area (Å²) in [6.07, 6.45) is 1.64. The molecule has 3 aromatic rings. The Morgan fingerprint density at radius 3 is 2.30 bits per heavy atom. The standard InChI is InChI=1S/C28H25NO4/c1-18-6-5-7-21(16-18)25-29-24(27(31)33-25)17-19-8-14-23(15-9-19)32-26(30)20-10-12-22(13-11-20)28(2,3)4/h5-17H,1-4H3/b24-17-. The van der Waals surface area contributed by atoms with E-state index in [1.54, 1.807) is 42.5 Å². The van der Waals surface area contributed by atoms with Crippen molar-refractivity contribution >= 4 is 23.9 Å². The summed E-state index contributed by atoms with van der Waals surface area (Å²) >= 11 is 0. The monoisotopic (exact) mass is 439 g/mol. The summed E-state index contributed by atoms with van der Waals surface area (Å²) in [4.78, 5) is 29.0. The number of hydrogen-bond acceptors (Lipinski definition) is 5. The van der Waals surface area contributed by atoms with Crippen molar-refractivity contribution in [1.82, 2.24) is 0 Å². The van der Waals surface area contributed by atoms with Crippen LogP contribution in [0.1, 0.15) is 53.4 Å². The molecule has 0 atom stereocenters. The molecule has 0 N–H and O–H groups in total. The molecule has 166 valence electrons. The Hall–Kier alpha value is -3.99. The predicted molar refractivity (Wildman–Crippen MR) is 128 cm³/mol. The van der Waals surface area contributed by atoms with Gasteiger partial charge in [-0.05, 0) is 65.9 Å². The van der Waals surface area contributed by atoms with E-state index in [9.17, 15) is 9.59 Å². The van der Waals surface area contributed by atoms with Crippen molar-refractivity contribution in [3.05, 3.63) is 106 Å². The van der Waals surface area contributed by atoms with Crippen LogP contribution < -0.4 is 4.74 Å². The first-order chi connectivity index (χ1) is 15.7. The smallest absolute Gasteiger partial charge is 0.363 e. The van der Waals surface area contributed by atoms with Crippen LogP contribution in [-0.4, -0.2) is 17.8 Å². The van der Waals surface area contributed by atoms with E-state index < -0.39 is 11.9 Å². The van der Waals surface area contributed by atoms with Gasteiger partial charge in [-0.15, -0.1) is 0 Å². The van der Waals surface area contributed by atoms with Crippen LogP contribution in [-0.2, 0) is 14.9 Å². The summed E-state index contributed by atoms with van der Waals surface area (Å²) < 4.78 is 10.8. The van der Waals surface area contributed by atoms with Crippen molar-refractivity contribution in [3.63, 3.8) is 0 Å². The van der Waals surface area contributed by atoms with E-state index in [2.05, 4.69) is 25.8 Å². The van der Waals surface area contributed by atoms with E-state index in [0.29, 0.717) is 11.3 Å². The Morgan fingerprint density at radius 1 is 0.970 bits per heavy atom. The van der Waals surface area contributed by atoms with Gasteiger partial charge in [-0.1, -0.05) is 62.7 Å². The fourth-order valence-electron chi connectivity index (χ4n) is 3.37. The number of aryl methyl sites for hydroxylation is 1. The van der Waals surface area contributed by atoms with Crippen LogP contribution in [0.25, 0.3) is 6.08 Å². The van der Waals surface area contributed by atoms with Crippen LogP contribution in [0.2, 0.25) is 0 Å². The van der Waals surface area contributed by atoms with Crippen LogP contribution >= 0.6 is 0 Å². The highest BCUT2D eigenvalue weighted by molar-refractivity contribution is 6.12. The normalized spacial score (nSPS) is 14.7. The molecule has 0 spiro atoms. The SMILES string of the molecule is Cc1cccc(C2=N/C(=C\c3ccc(OC(=O)c4ccc(C(C)(C)C)cc4)cc3)C(=O)O2)c1. The molecule has 33 heavy (non-hydrogen) atoms. The molecule has 0 radical (unpaired) electrons. The summed E-state index contributed by atoms with van der Waals surface area (Å²) in [5, 5.41) is 0. The molecular formula is C28H25NO4. The number of esters is 2. The number of carbonyl (C=O) groups is 2. The highest BCUT2D eigenvalue weighted by Crippen LogP contribution is 2.24. The van der Waals surface area contributed by atoms with Gasteiger partial charge in [0.15, 0.2) is 5.70 Å². The molecule has 0 unspecified atom stereocenters. The molecule has 0 fully saturated rings. The molecule has 0 amide bonds. The molecule has 1 aliphatic heterocycles. The molecule has 1 aliphatic rings. The topological polar surface area (TPSA) is 65.0 Å². The predicted octanol–water partition coefficient (Wildman–Crippen LogP) is 5.86. The van der Waals surface area contributed by atoms with Gasteiger partial charge in [-0.25, -0.2) is 14.6 Å². The van der Waals surface area contributed by atoms with Crippen LogP contribution in [0.4, 0.5) is 0 Å². The first-order valence-electron chi connectivity index (χ1n) is 10.7. The maximum atomic E-state index is 12.5. The molecule has 4 rings (SSSR count). The van der Waals surface area contributed by atoms with Gasteiger partial charge in [-0.2, -0.15) is 0 Å². The van der Waals surface area contributed by atoms with E-state index in [1.807, 2.05) is 43.3 Å². The van der Waals surface area contributed by atoms with Crippen LogP contribution in [0, 0.1) is 6.92 Å². The fraction of sp³-hybridized carbons (Fsp3) is 0.179. The lowest BCUT2D eigenvalue weighted by molar-refractivity contribution is -0.129. The summed E-state index contributed by atoms with van der Waals surface area (Å²) in [6.45, 7) is 8.33. The third kappa shape index (κ3) is 5.26. The third-order valence-electron chi connectivity index (χ3n) is 5.27. The summed E-state index contributed by atoms with van der Waals surface area (Å²) in [5.41, 5.74) is 4.42. The quantitative estimate of drug-likeness (QED) is 0.290. The van der Waals surface area contributed by atoms with Gasteiger partial charge >= 0.3 is 11.9 Å². The Morgan fingerprint density at radius 2 is 1.67 bits per heavy atom. The molecule has 0 aromatic heterocycles. The molecule has 1 heterocycles. The highest BCUT2D eigenvalue weighted by Gasteiger charge is 2.24. The van der Waals surface area contributed by atoms with E-state index >= 15 is 0 Å². The maximum absolute atomic E-state index is 12.5. The molecular weight excluding hydrogens is 414 g/mol. The van der Waals surface area contributed by atoms with Crippen molar-refractivity contribution in [1.29, 1.82) is 0 Å². The fourth-order valence-corrected chi connectivity index (χ4v) is 3.37. The van der Waals surface area contributed by atoms with Crippen LogP contribution in [0.3, 0.4) is 0 Å². The number of cyclic esters (lactones) is 1. The summed E-state index contributed by atoms with van der Waals surface area (Å²) in [7, 11) is 0. The maximum Gasteiger partial charge on any atom is 0.363 e. The summed E-state index contributed by atoms with van der Waals surface area (Å²) in [6, 6.07) is 21.9. The first-order valence-corrected chi connectivity index (χ1v) is 10.7. The Labute approximate surface area is 193 Å². The number of aliphatic imine (C=N–C) groups is 1. The molecule has 0 bridgehead atoms. The van der Waals surface area contributed by atoms with Gasteiger partial charge in [0.2, 0.25) is 5.90 Å². The van der Waals surface area contributed by atoms with Gasteiger partial charge in [0.05, 0.1) is 5.56 Å². The number of ether oxygens (including phenoxy) is 2. The molecule has 0 aliphatic carbocycles. The average Bonchev–Trinajstić information content (AvgIpc) is 3.15. The minimum absolute atomic E-state index is 0.0172. The first kappa shape index (κ1) is 22.2.